The van der Waals surface area contributed by atoms with Crippen molar-refractivity contribution < 1.29 is 28.7 Å². The van der Waals surface area contributed by atoms with Gasteiger partial charge in [0.1, 0.15) is 0 Å². The molecule has 2 aromatic carbocycles. The summed E-state index contributed by atoms with van der Waals surface area (Å²) in [5, 5.41) is 16.9. The normalized spacial score (nSPS) is 19.9. The predicted molar refractivity (Wildman–Crippen MR) is 274 cm³/mol. The summed E-state index contributed by atoms with van der Waals surface area (Å²) in [7, 11) is 0. The summed E-state index contributed by atoms with van der Waals surface area (Å²) in [4.78, 5) is 61.5. The number of carbonyl (C=O) groups excluding carboxylic acids is 4. The quantitative estimate of drug-likeness (QED) is 0.0882. The average Bonchev–Trinajstić information content (AvgIpc) is 3.98. The van der Waals surface area contributed by atoms with Crippen LogP contribution in [0.5, 0.6) is 0 Å². The molecule has 2 aromatic heterocycles. The Balaban J connectivity index is 1.03. The van der Waals surface area contributed by atoms with Crippen LogP contribution in [0.4, 0.5) is 9.59 Å². The van der Waals surface area contributed by atoms with Crippen LogP contribution in [-0.2, 0) is 32.2 Å². The van der Waals surface area contributed by atoms with Gasteiger partial charge >= 0.3 is 428 Å². The molecule has 2 N–H and O–H groups in total. The molecule has 4 amide bonds. The van der Waals surface area contributed by atoms with Crippen LogP contribution in [0.25, 0.3) is 22.5 Å². The fraction of sp³-hybridized carbons (Fsp3) is 0.593. The number of ether oxygens (including phenoxy) is 2. The van der Waals surface area contributed by atoms with E-state index in [9.17, 15) is 9.59 Å². The van der Waals surface area contributed by atoms with Gasteiger partial charge in [0.25, 0.3) is 0 Å². The average molecular weight is 1090 g/mol. The van der Waals surface area contributed by atoms with E-state index in [-0.39, 0.29) is 50.2 Å². The number of amides is 4. The third-order valence-corrected chi connectivity index (χ3v) is 21.1. The summed E-state index contributed by atoms with van der Waals surface area (Å²) in [6.45, 7) is 13.0. The van der Waals surface area contributed by atoms with Crippen molar-refractivity contribution in [1.29, 1.82) is 0 Å². The van der Waals surface area contributed by atoms with Gasteiger partial charge in [-0.15, -0.1) is 0 Å². The molecule has 4 aliphatic rings. The van der Waals surface area contributed by atoms with Crippen LogP contribution in [0.3, 0.4) is 0 Å². The Morgan fingerprint density at radius 2 is 0.943 bits per heavy atom. The van der Waals surface area contributed by atoms with Gasteiger partial charge in [0.05, 0.1) is 0 Å². The molecule has 8 rings (SSSR count). The summed E-state index contributed by atoms with van der Waals surface area (Å²) in [6, 6.07) is 22.6. The van der Waals surface area contributed by atoms with Gasteiger partial charge in [-0.05, 0) is 0 Å². The first kappa shape index (κ1) is 51.7. The summed E-state index contributed by atoms with van der Waals surface area (Å²) >= 11 is -0.333. The van der Waals surface area contributed by atoms with E-state index in [2.05, 4.69) is 56.4 Å². The number of nitrogens with one attached hydrogen (secondary N) is 2. The van der Waals surface area contributed by atoms with Gasteiger partial charge in [-0.25, -0.2) is 0 Å². The van der Waals surface area contributed by atoms with Crippen molar-refractivity contribution in [2.45, 2.75) is 178 Å². The number of hydrogen-bond donors (Lipinski definition) is 2. The van der Waals surface area contributed by atoms with Gasteiger partial charge in [0.15, 0.2) is 0 Å². The Labute approximate surface area is 426 Å². The van der Waals surface area contributed by atoms with Gasteiger partial charge in [0, 0.05) is 0 Å². The standard InChI is InChI=1S/C54H74N8O6Se2/c1-53(2,3)67-51(65)55-43(49(63)59-27-29-61-47(45(59)31-37-19-11-7-12-20-37)33-41(57-61)39-23-15-9-16-24-39)35-69-70-36-44(56-52(66)68-54(4,5)6)50(64)60-28-30-62-48(46(60)32-38-21-13-8-14-22-38)34-42(58-62)40-25-17-10-18-26-40/h9-10,15-18,23-26,33-34,37-38,43-46H,7-8,11-14,19-22,27-32,35-36H2,1-6H3,(H,55,65)(H,56,66)/t43-,44-,45?,46?/m0/s1. The second-order valence-corrected chi connectivity index (χ2v) is 29.2. The van der Waals surface area contributed by atoms with Crippen molar-refractivity contribution in [3.63, 3.8) is 0 Å². The monoisotopic (exact) mass is 1090 g/mol. The number of alkyl carbamates (subject to hydrolysis) is 2. The van der Waals surface area contributed by atoms with Gasteiger partial charge in [-0.2, -0.15) is 0 Å². The molecule has 2 aliphatic carbocycles. The van der Waals surface area contributed by atoms with Crippen LogP contribution in [0.2, 0.25) is 10.6 Å². The molecule has 16 heteroatoms. The van der Waals surface area contributed by atoms with E-state index in [4.69, 9.17) is 19.7 Å². The SMILES string of the molecule is CC(C)(C)OC(=O)N[C@@H](C[Se][Se]C[C@H](NC(=O)OC(C)(C)C)C(=O)N1CCn2nc(-c3ccccc3)cc2C1CC1CCCCC1)C(=O)N1CCn2nc(-c3ccccc3)cc2C1CC1CCCCC1. The number of hydrogen-bond acceptors (Lipinski definition) is 8. The minimum atomic E-state index is -0.831. The molecule has 4 aromatic rings. The predicted octanol–water partition coefficient (Wildman–Crippen LogP) is 9.77. The summed E-state index contributed by atoms with van der Waals surface area (Å²) in [6.07, 6.45) is 12.2. The van der Waals surface area contributed by atoms with Crippen LogP contribution >= 0.6 is 0 Å². The number of rotatable bonds is 15. The molecule has 2 aliphatic heterocycles. The maximum absolute atomic E-state index is 15.2. The first-order valence-electron chi connectivity index (χ1n) is 25.7. The molecule has 0 saturated heterocycles. The molecule has 2 saturated carbocycles. The first-order chi connectivity index (χ1) is 33.6. The minimum absolute atomic E-state index is 0.122. The van der Waals surface area contributed by atoms with Crippen molar-refractivity contribution in [2.24, 2.45) is 11.8 Å². The van der Waals surface area contributed by atoms with Crippen LogP contribution in [-0.4, -0.2) is 116 Å². The van der Waals surface area contributed by atoms with Gasteiger partial charge < -0.3 is 0 Å². The van der Waals surface area contributed by atoms with E-state index in [0.717, 1.165) is 72.4 Å². The Bertz CT molecular complexity index is 2220. The molecule has 0 radical (unpaired) electrons. The fourth-order valence-corrected chi connectivity index (χ4v) is 17.7. The first-order valence-corrected chi connectivity index (χ1v) is 32.4. The van der Waals surface area contributed by atoms with Gasteiger partial charge in [-0.3, -0.25) is 0 Å². The topological polar surface area (TPSA) is 153 Å². The molecular formula is C54H74N8O6Se2. The second-order valence-electron chi connectivity index (χ2n) is 21.6. The van der Waals surface area contributed by atoms with Crippen molar-refractivity contribution in [3.05, 3.63) is 84.2 Å². The van der Waals surface area contributed by atoms with Crippen LogP contribution in [0.15, 0.2) is 72.8 Å². The Kier molecular flexibility index (Phi) is 17.2. The molecule has 14 nitrogen and oxygen atoms in total. The van der Waals surface area contributed by atoms with Crippen molar-refractivity contribution in [3.8, 4) is 22.5 Å². The van der Waals surface area contributed by atoms with Crippen LogP contribution in [0, 0.1) is 11.8 Å². The Hall–Kier alpha value is -4.62. The number of nitrogens with zero attached hydrogens (tertiary/aromatic N) is 6. The van der Waals surface area contributed by atoms with Gasteiger partial charge in [0.2, 0.25) is 0 Å². The molecule has 0 spiro atoms. The van der Waals surface area contributed by atoms with Crippen molar-refractivity contribution >= 4 is 50.3 Å². The molecule has 0 bridgehead atoms. The third kappa shape index (κ3) is 13.7. The number of fused-ring (bicyclic) bond motifs is 2. The van der Waals surface area contributed by atoms with Crippen molar-refractivity contribution in [1.82, 2.24) is 40.0 Å². The van der Waals surface area contributed by atoms with E-state index < -0.39 is 35.5 Å². The van der Waals surface area contributed by atoms with E-state index in [1.807, 2.05) is 87.7 Å². The molecule has 4 heterocycles. The number of aromatic nitrogens is 4. The summed E-state index contributed by atoms with van der Waals surface area (Å²) < 4.78 is 15.7. The van der Waals surface area contributed by atoms with E-state index in [1.54, 1.807) is 0 Å². The van der Waals surface area contributed by atoms with E-state index in [1.165, 1.54) is 38.5 Å². The second kappa shape index (κ2) is 23.3. The zero-order valence-corrected chi connectivity index (χ0v) is 45.5. The number of benzene rings is 2. The zero-order chi connectivity index (χ0) is 49.4. The molecule has 2 fully saturated rings. The van der Waals surface area contributed by atoms with Crippen LogP contribution in [0.1, 0.15) is 142 Å². The summed E-state index contributed by atoms with van der Waals surface area (Å²) in [5.41, 5.74) is 4.41. The van der Waals surface area contributed by atoms with Gasteiger partial charge in [-0.1, -0.05) is 0 Å². The molecule has 70 heavy (non-hydrogen) atoms. The Morgan fingerprint density at radius 1 is 0.571 bits per heavy atom. The zero-order valence-electron chi connectivity index (χ0n) is 42.1. The van der Waals surface area contributed by atoms with Crippen LogP contribution < -0.4 is 10.6 Å². The van der Waals surface area contributed by atoms with E-state index in [0.29, 0.717) is 48.7 Å². The van der Waals surface area contributed by atoms with Crippen molar-refractivity contribution in [2.75, 3.05) is 13.1 Å². The maximum atomic E-state index is 15.2. The fourth-order valence-electron chi connectivity index (χ4n) is 10.7. The third-order valence-electron chi connectivity index (χ3n) is 14.0. The molecule has 4 atom stereocenters. The number of carbonyl (C=O) groups is 4. The van der Waals surface area contributed by atoms with E-state index >= 15 is 9.59 Å². The Morgan fingerprint density at radius 3 is 1.30 bits per heavy atom. The molecule has 378 valence electrons. The summed E-state index contributed by atoms with van der Waals surface area (Å²) in [5.74, 6) is 0.730. The molecular weight excluding hydrogens is 1010 g/mol. The molecule has 2 unspecified atom stereocenters.